The van der Waals surface area contributed by atoms with Gasteiger partial charge >= 0.3 is 39.5 Å². The average Bonchev–Trinajstić information content (AvgIpc) is 0.946. The standard InChI is InChI=1S/C81H144O17P2/c1-5-9-13-17-21-25-29-33-35-36-37-38-40-43-46-50-54-58-62-66-79(84)92-72-77(98-81(86)68-64-60-56-52-48-44-39-34-30-26-22-18-14-10-6-2)74-96-100(89,90)94-70-75(82)69-93-99(87,88)95-73-76(97-80(85)67-63-59-55-51-47-42-32-28-24-20-16-12-8-4)71-91-78(83)65-61-57-53-49-45-41-31-27-23-19-15-11-7-3/h10,14,21-22,25-26,33-35,37-39,48,52,75-77,82H,5-9,11-13,15-20,23-24,27-32,36,40-47,49-51,53-74H2,1-4H3,(H,87,88)(H,89,90)/b14-10-,25-21-,26-22-,35-33-,38-37-,39-34-,52-48-. The maximum Gasteiger partial charge on any atom is 0.472 e. The molecule has 19 heteroatoms. The minimum absolute atomic E-state index is 0.0409. The molecule has 5 unspecified atom stereocenters. The van der Waals surface area contributed by atoms with E-state index in [1.807, 2.05) is 0 Å². The molecule has 17 nitrogen and oxygen atoms in total. The molecule has 0 radical (unpaired) electrons. The summed E-state index contributed by atoms with van der Waals surface area (Å²) in [4.78, 5) is 72.9. The number of unbranched alkanes of at least 4 members (excludes halogenated alkanes) is 35. The van der Waals surface area contributed by atoms with Gasteiger partial charge in [-0.25, -0.2) is 9.13 Å². The van der Waals surface area contributed by atoms with Gasteiger partial charge < -0.3 is 33.8 Å². The van der Waals surface area contributed by atoms with E-state index >= 15 is 0 Å². The van der Waals surface area contributed by atoms with Crippen LogP contribution >= 0.6 is 15.6 Å². The topological polar surface area (TPSA) is 237 Å². The summed E-state index contributed by atoms with van der Waals surface area (Å²) in [6.45, 7) is 4.72. The number of hydrogen-bond acceptors (Lipinski definition) is 15. The Kier molecular flexibility index (Phi) is 70.8. The van der Waals surface area contributed by atoms with Crippen molar-refractivity contribution in [1.82, 2.24) is 0 Å². The highest BCUT2D eigenvalue weighted by Crippen LogP contribution is 2.45. The van der Waals surface area contributed by atoms with Gasteiger partial charge in [0.05, 0.1) is 26.4 Å². The van der Waals surface area contributed by atoms with Gasteiger partial charge in [0.25, 0.3) is 0 Å². The molecule has 0 fully saturated rings. The summed E-state index contributed by atoms with van der Waals surface area (Å²) in [7, 11) is -9.96. The molecular weight excluding hydrogens is 1310 g/mol. The second-order valence-electron chi connectivity index (χ2n) is 26.6. The molecule has 0 aliphatic rings. The monoisotopic (exact) mass is 1450 g/mol. The second-order valence-corrected chi connectivity index (χ2v) is 29.5. The van der Waals surface area contributed by atoms with Gasteiger partial charge in [0, 0.05) is 25.7 Å². The third kappa shape index (κ3) is 72.6. The van der Waals surface area contributed by atoms with Crippen molar-refractivity contribution in [3.05, 3.63) is 85.1 Å². The third-order valence-corrected chi connectivity index (χ3v) is 18.8. The van der Waals surface area contributed by atoms with Crippen LogP contribution in [0.1, 0.15) is 349 Å². The Balaban J connectivity index is 5.36. The van der Waals surface area contributed by atoms with Gasteiger partial charge in [0.2, 0.25) is 0 Å². The van der Waals surface area contributed by atoms with E-state index in [0.29, 0.717) is 32.1 Å². The third-order valence-electron chi connectivity index (χ3n) is 16.9. The zero-order chi connectivity index (χ0) is 73.2. The SMILES string of the molecule is CC/C=C\C/C=C\C/C=C\C/C=C\CCCCC(=O)OC(COC(=O)CCCCCCCC/C=C\C/C=C\C/C=C\CCCCC)COP(=O)(O)OCC(O)COP(=O)(O)OCC(COC(=O)CCCCCCCCCCCCCCC)OC(=O)CCCCCCCCCCCCCCC. The zero-order valence-corrected chi connectivity index (χ0v) is 65.2. The molecule has 0 saturated carbocycles. The number of esters is 4. The first-order valence-corrected chi connectivity index (χ1v) is 42.8. The Bertz CT molecular complexity index is 2230. The van der Waals surface area contributed by atoms with Gasteiger partial charge in [-0.2, -0.15) is 0 Å². The van der Waals surface area contributed by atoms with E-state index in [1.165, 1.54) is 128 Å². The van der Waals surface area contributed by atoms with Gasteiger partial charge in [-0.15, -0.1) is 0 Å². The lowest BCUT2D eigenvalue weighted by atomic mass is 10.0. The molecule has 0 aromatic carbocycles. The molecule has 0 amide bonds. The fraction of sp³-hybridized carbons (Fsp3) is 0.778. The predicted octanol–water partition coefficient (Wildman–Crippen LogP) is 23.0. The lowest BCUT2D eigenvalue weighted by molar-refractivity contribution is -0.161. The summed E-state index contributed by atoms with van der Waals surface area (Å²) < 4.78 is 68.5. The highest BCUT2D eigenvalue weighted by Gasteiger charge is 2.30. The fourth-order valence-corrected chi connectivity index (χ4v) is 12.4. The number of aliphatic hydroxyl groups excluding tert-OH is 1. The van der Waals surface area contributed by atoms with Gasteiger partial charge in [-0.1, -0.05) is 305 Å². The molecule has 5 atom stereocenters. The van der Waals surface area contributed by atoms with Gasteiger partial charge in [0.1, 0.15) is 19.3 Å². The van der Waals surface area contributed by atoms with Crippen molar-refractivity contribution in [3.8, 4) is 0 Å². The minimum Gasteiger partial charge on any atom is -0.462 e. The molecule has 0 bridgehead atoms. The maximum atomic E-state index is 13.1. The summed E-state index contributed by atoms with van der Waals surface area (Å²) in [5.41, 5.74) is 0. The Morgan fingerprint density at radius 1 is 0.290 bits per heavy atom. The van der Waals surface area contributed by atoms with E-state index in [9.17, 15) is 43.2 Å². The zero-order valence-electron chi connectivity index (χ0n) is 63.4. The molecule has 3 N–H and O–H groups in total. The highest BCUT2D eigenvalue weighted by molar-refractivity contribution is 7.47. The van der Waals surface area contributed by atoms with Crippen molar-refractivity contribution in [1.29, 1.82) is 0 Å². The molecule has 0 heterocycles. The van der Waals surface area contributed by atoms with Crippen molar-refractivity contribution in [3.63, 3.8) is 0 Å². The van der Waals surface area contributed by atoms with Crippen molar-refractivity contribution >= 4 is 39.5 Å². The number of aliphatic hydroxyl groups is 1. The molecule has 0 spiro atoms. The van der Waals surface area contributed by atoms with Crippen LogP contribution in [0.3, 0.4) is 0 Å². The smallest absolute Gasteiger partial charge is 0.462 e. The Labute approximate surface area is 608 Å². The molecule has 0 aromatic heterocycles. The number of phosphoric acid groups is 2. The summed E-state index contributed by atoms with van der Waals surface area (Å²) in [6.07, 6.45) is 75.6. The van der Waals surface area contributed by atoms with E-state index in [4.69, 9.17) is 37.0 Å². The molecule has 100 heavy (non-hydrogen) atoms. The van der Waals surface area contributed by atoms with Crippen LogP contribution in [0.4, 0.5) is 0 Å². The Hall–Kier alpha value is -3.76. The van der Waals surface area contributed by atoms with Crippen LogP contribution in [0.5, 0.6) is 0 Å². The van der Waals surface area contributed by atoms with Crippen LogP contribution in [0.2, 0.25) is 0 Å². The Morgan fingerprint density at radius 3 is 0.840 bits per heavy atom. The van der Waals surface area contributed by atoms with Gasteiger partial charge in [-0.3, -0.25) is 37.3 Å². The number of allylic oxidation sites excluding steroid dienone is 14. The average molecular weight is 1450 g/mol. The highest BCUT2D eigenvalue weighted by atomic mass is 31.2. The fourth-order valence-electron chi connectivity index (χ4n) is 10.8. The van der Waals surface area contributed by atoms with Gasteiger partial charge in [0.15, 0.2) is 12.2 Å². The minimum atomic E-state index is -4.99. The second kappa shape index (κ2) is 73.5. The Morgan fingerprint density at radius 2 is 0.520 bits per heavy atom. The first-order valence-electron chi connectivity index (χ1n) is 39.8. The summed E-state index contributed by atoms with van der Waals surface area (Å²) in [5.74, 6) is -2.21. The van der Waals surface area contributed by atoms with Crippen molar-refractivity contribution in [2.45, 2.75) is 367 Å². The first-order chi connectivity index (χ1) is 48.7. The quantitative estimate of drug-likeness (QED) is 0.0169. The predicted molar refractivity (Wildman–Crippen MR) is 409 cm³/mol. The summed E-state index contributed by atoms with van der Waals surface area (Å²) in [6, 6.07) is 0. The van der Waals surface area contributed by atoms with Crippen LogP contribution in [-0.2, 0) is 65.4 Å². The number of rotatable bonds is 75. The van der Waals surface area contributed by atoms with Crippen LogP contribution in [-0.4, -0.2) is 96.7 Å². The van der Waals surface area contributed by atoms with Crippen LogP contribution in [0, 0.1) is 0 Å². The molecular formula is C81H144O17P2. The molecule has 0 aliphatic heterocycles. The first kappa shape index (κ1) is 96.2. The van der Waals surface area contributed by atoms with E-state index in [-0.39, 0.29) is 25.7 Å². The lowest BCUT2D eigenvalue weighted by Gasteiger charge is -2.21. The summed E-state index contributed by atoms with van der Waals surface area (Å²) in [5, 5.41) is 10.6. The van der Waals surface area contributed by atoms with Crippen molar-refractivity contribution in [2.24, 2.45) is 0 Å². The van der Waals surface area contributed by atoms with E-state index < -0.39 is 97.5 Å². The van der Waals surface area contributed by atoms with E-state index in [0.717, 1.165) is 135 Å². The molecule has 0 rings (SSSR count). The number of ether oxygens (including phenoxy) is 4. The van der Waals surface area contributed by atoms with Crippen LogP contribution in [0.15, 0.2) is 85.1 Å². The number of carbonyl (C=O) groups is 4. The van der Waals surface area contributed by atoms with E-state index in [1.54, 1.807) is 0 Å². The number of carbonyl (C=O) groups excluding carboxylic acids is 4. The van der Waals surface area contributed by atoms with Crippen molar-refractivity contribution in [2.75, 3.05) is 39.6 Å². The maximum absolute atomic E-state index is 13.1. The number of hydrogen-bond donors (Lipinski definition) is 3. The molecule has 0 aliphatic carbocycles. The largest absolute Gasteiger partial charge is 0.472 e. The number of phosphoric ester groups is 2. The molecule has 580 valence electrons. The van der Waals surface area contributed by atoms with E-state index in [2.05, 4.69) is 113 Å². The molecule has 0 aromatic rings. The van der Waals surface area contributed by atoms with Gasteiger partial charge in [-0.05, 0) is 103 Å². The van der Waals surface area contributed by atoms with Crippen LogP contribution in [0.25, 0.3) is 0 Å². The van der Waals surface area contributed by atoms with Crippen molar-refractivity contribution < 1.29 is 80.2 Å². The lowest BCUT2D eigenvalue weighted by Crippen LogP contribution is -2.30. The molecule has 0 saturated heterocycles. The van der Waals surface area contributed by atoms with Crippen LogP contribution < -0.4 is 0 Å². The normalized spacial score (nSPS) is 14.3. The summed E-state index contributed by atoms with van der Waals surface area (Å²) >= 11 is 0.